The fourth-order valence-corrected chi connectivity index (χ4v) is 2.40. The van der Waals surface area contributed by atoms with E-state index < -0.39 is 17.7 Å². The van der Waals surface area contributed by atoms with E-state index in [2.05, 4.69) is 16.8 Å². The number of pyridine rings is 1. The van der Waals surface area contributed by atoms with Gasteiger partial charge in [0, 0.05) is 31.9 Å². The van der Waals surface area contributed by atoms with Crippen LogP contribution in [-0.4, -0.2) is 52.9 Å². The van der Waals surface area contributed by atoms with Crippen molar-refractivity contribution in [3.05, 3.63) is 29.6 Å². The number of piperazine rings is 1. The minimum absolute atomic E-state index is 0.220. The minimum atomic E-state index is -1.23. The average Bonchev–Trinajstić information content (AvgIpc) is 2.41. The van der Waals surface area contributed by atoms with Gasteiger partial charge in [-0.3, -0.25) is 9.69 Å². The van der Waals surface area contributed by atoms with Crippen molar-refractivity contribution < 1.29 is 13.6 Å². The van der Waals surface area contributed by atoms with E-state index in [0.29, 0.717) is 13.1 Å². The number of rotatable bonds is 2. The Kier molecular flexibility index (Phi) is 4.09. The SMILES string of the molecule is CCN1CCN(C(=O)c2ccnc(F)c2F)CC1C. The van der Waals surface area contributed by atoms with Crippen molar-refractivity contribution in [2.45, 2.75) is 19.9 Å². The van der Waals surface area contributed by atoms with Gasteiger partial charge in [0.15, 0.2) is 5.82 Å². The maximum Gasteiger partial charge on any atom is 0.257 e. The Hall–Kier alpha value is -1.56. The molecule has 0 spiro atoms. The Bertz CT molecular complexity index is 481. The van der Waals surface area contributed by atoms with Gasteiger partial charge in [0.05, 0.1) is 5.56 Å². The molecule has 4 nitrogen and oxygen atoms in total. The minimum Gasteiger partial charge on any atom is -0.336 e. The highest BCUT2D eigenvalue weighted by molar-refractivity contribution is 5.94. The van der Waals surface area contributed by atoms with Gasteiger partial charge in [-0.25, -0.2) is 9.37 Å². The zero-order chi connectivity index (χ0) is 14.0. The van der Waals surface area contributed by atoms with Crippen LogP contribution in [0.1, 0.15) is 24.2 Å². The second kappa shape index (κ2) is 5.61. The molecule has 0 N–H and O–H groups in total. The summed E-state index contributed by atoms with van der Waals surface area (Å²) >= 11 is 0. The Morgan fingerprint density at radius 2 is 2.21 bits per heavy atom. The highest BCUT2D eigenvalue weighted by Gasteiger charge is 2.28. The van der Waals surface area contributed by atoms with Crippen LogP contribution in [0.25, 0.3) is 0 Å². The Labute approximate surface area is 111 Å². The molecule has 1 aromatic rings. The number of carbonyl (C=O) groups excluding carboxylic acids is 1. The third-order valence-corrected chi connectivity index (χ3v) is 3.54. The van der Waals surface area contributed by atoms with Gasteiger partial charge in [0.25, 0.3) is 5.91 Å². The van der Waals surface area contributed by atoms with Crippen LogP contribution < -0.4 is 0 Å². The summed E-state index contributed by atoms with van der Waals surface area (Å²) in [6.45, 7) is 6.80. The topological polar surface area (TPSA) is 36.4 Å². The van der Waals surface area contributed by atoms with Crippen molar-refractivity contribution in [1.82, 2.24) is 14.8 Å². The van der Waals surface area contributed by atoms with Crippen molar-refractivity contribution in [3.63, 3.8) is 0 Å². The molecule has 0 aliphatic carbocycles. The smallest absolute Gasteiger partial charge is 0.257 e. The van der Waals surface area contributed by atoms with Crippen LogP contribution in [0.15, 0.2) is 12.3 Å². The molecule has 0 radical (unpaired) electrons. The Morgan fingerprint density at radius 1 is 1.47 bits per heavy atom. The fourth-order valence-electron chi connectivity index (χ4n) is 2.40. The van der Waals surface area contributed by atoms with Crippen LogP contribution in [0.3, 0.4) is 0 Å². The van der Waals surface area contributed by atoms with Crippen molar-refractivity contribution in [2.24, 2.45) is 0 Å². The molecule has 19 heavy (non-hydrogen) atoms. The molecule has 1 aliphatic heterocycles. The Balaban J connectivity index is 2.15. The lowest BCUT2D eigenvalue weighted by Crippen LogP contribution is -2.53. The maximum absolute atomic E-state index is 13.6. The zero-order valence-corrected chi connectivity index (χ0v) is 11.1. The number of hydrogen-bond acceptors (Lipinski definition) is 3. The van der Waals surface area contributed by atoms with Crippen LogP contribution >= 0.6 is 0 Å². The van der Waals surface area contributed by atoms with Gasteiger partial charge in [-0.2, -0.15) is 4.39 Å². The van der Waals surface area contributed by atoms with E-state index in [0.717, 1.165) is 19.3 Å². The molecule has 0 bridgehead atoms. The standard InChI is InChI=1S/C13H17F2N3O/c1-3-17-6-7-18(8-9(17)2)13(19)10-4-5-16-12(15)11(10)14/h4-5,9H,3,6-8H2,1-2H3. The van der Waals surface area contributed by atoms with Crippen LogP contribution in [-0.2, 0) is 0 Å². The van der Waals surface area contributed by atoms with Gasteiger partial charge < -0.3 is 4.90 Å². The first-order chi connectivity index (χ1) is 9.04. The molecule has 1 atom stereocenters. The van der Waals surface area contributed by atoms with E-state index >= 15 is 0 Å². The summed E-state index contributed by atoms with van der Waals surface area (Å²) in [4.78, 5) is 19.2. The molecule has 1 unspecified atom stereocenters. The summed E-state index contributed by atoms with van der Waals surface area (Å²) in [5.41, 5.74) is -0.246. The molecule has 2 rings (SSSR count). The summed E-state index contributed by atoms with van der Waals surface area (Å²) in [5, 5.41) is 0. The van der Waals surface area contributed by atoms with Crippen LogP contribution in [0.5, 0.6) is 0 Å². The number of carbonyl (C=O) groups is 1. The molecule has 1 saturated heterocycles. The third-order valence-electron chi connectivity index (χ3n) is 3.54. The molecule has 1 fully saturated rings. The molecular formula is C13H17F2N3O. The average molecular weight is 269 g/mol. The number of nitrogens with zero attached hydrogens (tertiary/aromatic N) is 3. The number of amides is 1. The van der Waals surface area contributed by atoms with Gasteiger partial charge in [-0.05, 0) is 19.5 Å². The lowest BCUT2D eigenvalue weighted by atomic mass is 10.1. The first-order valence-electron chi connectivity index (χ1n) is 6.38. The van der Waals surface area contributed by atoms with Gasteiger partial charge in [-0.1, -0.05) is 6.92 Å². The van der Waals surface area contributed by atoms with E-state index in [9.17, 15) is 13.6 Å². The van der Waals surface area contributed by atoms with Crippen LogP contribution in [0.2, 0.25) is 0 Å². The van der Waals surface area contributed by atoms with Crippen molar-refractivity contribution in [1.29, 1.82) is 0 Å². The Morgan fingerprint density at radius 3 is 2.84 bits per heavy atom. The van der Waals surface area contributed by atoms with Gasteiger partial charge in [0.1, 0.15) is 0 Å². The van der Waals surface area contributed by atoms with Gasteiger partial charge >= 0.3 is 0 Å². The van der Waals surface area contributed by atoms with Crippen LogP contribution in [0, 0.1) is 11.8 Å². The molecule has 1 aromatic heterocycles. The van der Waals surface area contributed by atoms with E-state index in [-0.39, 0.29) is 11.6 Å². The molecule has 1 aliphatic rings. The van der Waals surface area contributed by atoms with E-state index in [1.165, 1.54) is 6.07 Å². The van der Waals surface area contributed by atoms with E-state index in [1.807, 2.05) is 6.92 Å². The fraction of sp³-hybridized carbons (Fsp3) is 0.538. The third kappa shape index (κ3) is 2.73. The summed E-state index contributed by atoms with van der Waals surface area (Å²) in [5.74, 6) is -2.87. The van der Waals surface area contributed by atoms with E-state index in [4.69, 9.17) is 0 Å². The highest BCUT2D eigenvalue weighted by Crippen LogP contribution is 2.15. The van der Waals surface area contributed by atoms with E-state index in [1.54, 1.807) is 4.90 Å². The molecule has 0 saturated carbocycles. The molecule has 2 heterocycles. The summed E-state index contributed by atoms with van der Waals surface area (Å²) in [6, 6.07) is 1.44. The van der Waals surface area contributed by atoms with Gasteiger partial charge in [-0.15, -0.1) is 0 Å². The summed E-state index contributed by atoms with van der Waals surface area (Å²) in [7, 11) is 0. The summed E-state index contributed by atoms with van der Waals surface area (Å²) < 4.78 is 26.6. The second-order valence-corrected chi connectivity index (χ2v) is 4.69. The maximum atomic E-state index is 13.6. The molecule has 0 aromatic carbocycles. The molecule has 6 heteroatoms. The monoisotopic (exact) mass is 269 g/mol. The zero-order valence-electron chi connectivity index (χ0n) is 11.1. The summed E-state index contributed by atoms with van der Waals surface area (Å²) in [6.07, 6.45) is 1.11. The molecule has 104 valence electrons. The second-order valence-electron chi connectivity index (χ2n) is 4.69. The quantitative estimate of drug-likeness (QED) is 0.764. The number of halogens is 2. The number of likely N-dealkylation sites (N-methyl/N-ethyl adjacent to an activating group) is 1. The lowest BCUT2D eigenvalue weighted by Gasteiger charge is -2.39. The normalized spacial score (nSPS) is 20.6. The highest BCUT2D eigenvalue weighted by atomic mass is 19.2. The predicted octanol–water partition coefficient (Wildman–Crippen LogP) is 1.53. The molecule has 1 amide bonds. The molecular weight excluding hydrogens is 252 g/mol. The van der Waals surface area contributed by atoms with Crippen molar-refractivity contribution in [3.8, 4) is 0 Å². The number of hydrogen-bond donors (Lipinski definition) is 0. The predicted molar refractivity (Wildman–Crippen MR) is 66.8 cm³/mol. The van der Waals surface area contributed by atoms with Crippen LogP contribution in [0.4, 0.5) is 8.78 Å². The van der Waals surface area contributed by atoms with Gasteiger partial charge in [0.2, 0.25) is 5.95 Å². The van der Waals surface area contributed by atoms with Crippen molar-refractivity contribution in [2.75, 3.05) is 26.2 Å². The largest absolute Gasteiger partial charge is 0.336 e. The first-order valence-corrected chi connectivity index (χ1v) is 6.38. The number of aromatic nitrogens is 1. The van der Waals surface area contributed by atoms with Crippen molar-refractivity contribution >= 4 is 5.91 Å². The first kappa shape index (κ1) is 13.9. The lowest BCUT2D eigenvalue weighted by molar-refractivity contribution is 0.0523.